The second-order valence-electron chi connectivity index (χ2n) is 8.04. The van der Waals surface area contributed by atoms with Crippen LogP contribution in [-0.4, -0.2) is 67.8 Å². The Balaban J connectivity index is 1.43. The van der Waals surface area contributed by atoms with Crippen LogP contribution in [0.3, 0.4) is 0 Å². The molecule has 0 bridgehead atoms. The summed E-state index contributed by atoms with van der Waals surface area (Å²) in [6.07, 6.45) is 4.02. The lowest BCUT2D eigenvalue weighted by molar-refractivity contribution is 0.0692. The van der Waals surface area contributed by atoms with Crippen molar-refractivity contribution in [3.05, 3.63) is 53.3 Å². The first-order valence-corrected chi connectivity index (χ1v) is 11.9. The number of nitrogens with zero attached hydrogens (tertiary/aromatic N) is 4. The average Bonchev–Trinajstić information content (AvgIpc) is 3.30. The van der Waals surface area contributed by atoms with Crippen molar-refractivity contribution in [2.75, 3.05) is 44.2 Å². The van der Waals surface area contributed by atoms with Crippen LogP contribution in [0.2, 0.25) is 0 Å². The molecule has 2 aliphatic heterocycles. The summed E-state index contributed by atoms with van der Waals surface area (Å²) >= 11 is 0. The SMILES string of the molecule is Cc1ccc(S(=O)(=O)N2CCN(C(=O)c3cc(N4CCCC4)ccn3)CC2)cc1C. The van der Waals surface area contributed by atoms with Crippen molar-refractivity contribution in [1.82, 2.24) is 14.2 Å². The second kappa shape index (κ2) is 8.35. The molecule has 2 saturated heterocycles. The summed E-state index contributed by atoms with van der Waals surface area (Å²) in [5, 5.41) is 0. The molecule has 0 aliphatic carbocycles. The number of benzene rings is 1. The van der Waals surface area contributed by atoms with Gasteiger partial charge >= 0.3 is 0 Å². The quantitative estimate of drug-likeness (QED) is 0.748. The summed E-state index contributed by atoms with van der Waals surface area (Å²) in [4.78, 5) is 21.5. The van der Waals surface area contributed by atoms with E-state index in [1.165, 1.54) is 17.1 Å². The molecule has 2 fully saturated rings. The maximum absolute atomic E-state index is 13.0. The number of pyridine rings is 1. The van der Waals surface area contributed by atoms with Crippen molar-refractivity contribution in [3.8, 4) is 0 Å². The van der Waals surface area contributed by atoms with E-state index in [1.807, 2.05) is 32.0 Å². The highest BCUT2D eigenvalue weighted by atomic mass is 32.2. The minimum Gasteiger partial charge on any atom is -0.371 e. The Bertz CT molecular complexity index is 1040. The topological polar surface area (TPSA) is 73.8 Å². The number of carbonyl (C=O) groups excluding carboxylic acids is 1. The molecule has 0 saturated carbocycles. The minimum atomic E-state index is -3.56. The van der Waals surface area contributed by atoms with Crippen LogP contribution in [0.5, 0.6) is 0 Å². The standard InChI is InChI=1S/C22H28N4O3S/c1-17-5-6-20(15-18(17)2)30(28,29)26-13-11-25(12-14-26)22(27)21-16-19(7-8-23-21)24-9-3-4-10-24/h5-8,15-16H,3-4,9-14H2,1-2H3. The molecule has 0 unspecified atom stereocenters. The molecule has 1 aromatic carbocycles. The van der Waals surface area contributed by atoms with Gasteiger partial charge in [0.25, 0.3) is 5.91 Å². The fourth-order valence-electron chi connectivity index (χ4n) is 4.03. The highest BCUT2D eigenvalue weighted by Crippen LogP contribution is 2.23. The predicted molar refractivity (Wildman–Crippen MR) is 116 cm³/mol. The van der Waals surface area contributed by atoms with Crippen LogP contribution in [0.15, 0.2) is 41.4 Å². The van der Waals surface area contributed by atoms with E-state index < -0.39 is 10.0 Å². The van der Waals surface area contributed by atoms with Crippen molar-refractivity contribution >= 4 is 21.6 Å². The molecule has 160 valence electrons. The molecule has 0 N–H and O–H groups in total. The van der Waals surface area contributed by atoms with E-state index in [-0.39, 0.29) is 19.0 Å². The van der Waals surface area contributed by atoms with Gasteiger partial charge in [-0.3, -0.25) is 9.78 Å². The lowest BCUT2D eigenvalue weighted by atomic mass is 10.1. The molecular formula is C22H28N4O3S. The van der Waals surface area contributed by atoms with Crippen LogP contribution in [0.4, 0.5) is 5.69 Å². The first-order valence-electron chi connectivity index (χ1n) is 10.4. The van der Waals surface area contributed by atoms with Crippen LogP contribution in [0.25, 0.3) is 0 Å². The molecule has 7 nitrogen and oxygen atoms in total. The maximum Gasteiger partial charge on any atom is 0.272 e. The number of hydrogen-bond acceptors (Lipinski definition) is 5. The Hall–Kier alpha value is -2.45. The van der Waals surface area contributed by atoms with Gasteiger partial charge in [-0.05, 0) is 62.1 Å². The Morgan fingerprint density at radius 3 is 2.27 bits per heavy atom. The third-order valence-corrected chi connectivity index (χ3v) is 7.97. The van der Waals surface area contributed by atoms with E-state index in [2.05, 4.69) is 9.88 Å². The summed E-state index contributed by atoms with van der Waals surface area (Å²) in [5.41, 5.74) is 3.47. The fourth-order valence-corrected chi connectivity index (χ4v) is 5.53. The van der Waals surface area contributed by atoms with E-state index in [4.69, 9.17) is 0 Å². The van der Waals surface area contributed by atoms with Gasteiger partial charge in [0, 0.05) is 51.2 Å². The van der Waals surface area contributed by atoms with Crippen molar-refractivity contribution < 1.29 is 13.2 Å². The Morgan fingerprint density at radius 1 is 0.900 bits per heavy atom. The number of piperazine rings is 1. The zero-order valence-corrected chi connectivity index (χ0v) is 18.4. The van der Waals surface area contributed by atoms with Gasteiger partial charge in [-0.1, -0.05) is 6.07 Å². The molecule has 0 spiro atoms. The molecule has 2 aromatic rings. The lowest BCUT2D eigenvalue weighted by Gasteiger charge is -2.34. The summed E-state index contributed by atoms with van der Waals surface area (Å²) < 4.78 is 27.5. The smallest absolute Gasteiger partial charge is 0.272 e. The number of amides is 1. The number of sulfonamides is 1. The first-order chi connectivity index (χ1) is 14.4. The minimum absolute atomic E-state index is 0.140. The maximum atomic E-state index is 13.0. The van der Waals surface area contributed by atoms with Gasteiger partial charge < -0.3 is 9.80 Å². The average molecular weight is 429 g/mol. The van der Waals surface area contributed by atoms with Gasteiger partial charge in [-0.15, -0.1) is 0 Å². The lowest BCUT2D eigenvalue weighted by Crippen LogP contribution is -2.50. The van der Waals surface area contributed by atoms with E-state index in [0.29, 0.717) is 23.7 Å². The number of anilines is 1. The van der Waals surface area contributed by atoms with Crippen LogP contribution in [0.1, 0.15) is 34.5 Å². The Kier molecular flexibility index (Phi) is 5.79. The number of carbonyl (C=O) groups is 1. The number of rotatable bonds is 4. The molecular weight excluding hydrogens is 400 g/mol. The summed E-state index contributed by atoms with van der Waals surface area (Å²) in [6, 6.07) is 9.00. The van der Waals surface area contributed by atoms with Crippen molar-refractivity contribution in [3.63, 3.8) is 0 Å². The normalized spacial score (nSPS) is 18.1. The van der Waals surface area contributed by atoms with Crippen LogP contribution in [0, 0.1) is 13.8 Å². The third-order valence-electron chi connectivity index (χ3n) is 6.08. The molecule has 4 rings (SSSR count). The van der Waals surface area contributed by atoms with E-state index in [0.717, 1.165) is 29.9 Å². The van der Waals surface area contributed by atoms with Crippen LogP contribution >= 0.6 is 0 Å². The van der Waals surface area contributed by atoms with E-state index >= 15 is 0 Å². The Labute approximate surface area is 178 Å². The second-order valence-corrected chi connectivity index (χ2v) is 9.97. The molecule has 0 radical (unpaired) electrons. The molecule has 2 aliphatic rings. The van der Waals surface area contributed by atoms with Gasteiger partial charge in [0.2, 0.25) is 10.0 Å². The Morgan fingerprint density at radius 2 is 1.60 bits per heavy atom. The predicted octanol–water partition coefficient (Wildman–Crippen LogP) is 2.45. The van der Waals surface area contributed by atoms with E-state index in [9.17, 15) is 13.2 Å². The van der Waals surface area contributed by atoms with Gasteiger partial charge in [0.15, 0.2) is 0 Å². The molecule has 0 atom stereocenters. The fraction of sp³-hybridized carbons (Fsp3) is 0.455. The molecule has 1 aromatic heterocycles. The third kappa shape index (κ3) is 4.06. The highest BCUT2D eigenvalue weighted by Gasteiger charge is 2.31. The summed E-state index contributed by atoms with van der Waals surface area (Å²) in [6.45, 7) is 7.17. The zero-order chi connectivity index (χ0) is 21.3. The molecule has 8 heteroatoms. The van der Waals surface area contributed by atoms with Crippen LogP contribution < -0.4 is 4.90 Å². The molecule has 3 heterocycles. The summed E-state index contributed by atoms with van der Waals surface area (Å²) in [7, 11) is -3.56. The van der Waals surface area contributed by atoms with Crippen molar-refractivity contribution in [2.24, 2.45) is 0 Å². The van der Waals surface area contributed by atoms with Crippen molar-refractivity contribution in [1.29, 1.82) is 0 Å². The molecule has 30 heavy (non-hydrogen) atoms. The van der Waals surface area contributed by atoms with Gasteiger partial charge in [-0.2, -0.15) is 4.31 Å². The molecule has 1 amide bonds. The largest absolute Gasteiger partial charge is 0.371 e. The zero-order valence-electron chi connectivity index (χ0n) is 17.5. The number of hydrogen-bond donors (Lipinski definition) is 0. The number of aryl methyl sites for hydroxylation is 2. The highest BCUT2D eigenvalue weighted by molar-refractivity contribution is 7.89. The van der Waals surface area contributed by atoms with Gasteiger partial charge in [0.05, 0.1) is 4.90 Å². The van der Waals surface area contributed by atoms with Gasteiger partial charge in [-0.25, -0.2) is 8.42 Å². The monoisotopic (exact) mass is 428 g/mol. The summed E-state index contributed by atoms with van der Waals surface area (Å²) in [5.74, 6) is -0.140. The van der Waals surface area contributed by atoms with E-state index in [1.54, 1.807) is 23.2 Å². The van der Waals surface area contributed by atoms with Crippen molar-refractivity contribution in [2.45, 2.75) is 31.6 Å². The number of aromatic nitrogens is 1. The van der Waals surface area contributed by atoms with Crippen LogP contribution in [-0.2, 0) is 10.0 Å². The first kappa shape index (κ1) is 20.8. The van der Waals surface area contributed by atoms with Gasteiger partial charge in [0.1, 0.15) is 5.69 Å².